The molecule has 1 aliphatic rings. The molecule has 0 amide bonds. The van der Waals surface area contributed by atoms with Gasteiger partial charge in [-0.1, -0.05) is 109 Å². The molecule has 5 aromatic rings. The first kappa shape index (κ1) is 20.3. The monoisotopic (exact) mass is 445 g/mol. The lowest BCUT2D eigenvalue weighted by atomic mass is 10.0. The average molecular weight is 445 g/mol. The molecular formula is C28H18BF2N3. The molecule has 0 fully saturated rings. The summed E-state index contributed by atoms with van der Waals surface area (Å²) in [5.41, 5.74) is 4.68. The van der Waals surface area contributed by atoms with E-state index in [1.54, 1.807) is 0 Å². The van der Waals surface area contributed by atoms with E-state index in [0.29, 0.717) is 22.5 Å². The molecule has 3 nitrogen and oxygen atoms in total. The van der Waals surface area contributed by atoms with E-state index in [2.05, 4.69) is 0 Å². The molecule has 0 N–H and O–H groups in total. The molecule has 6 rings (SSSR count). The minimum absolute atomic E-state index is 0.201. The Labute approximate surface area is 195 Å². The number of rotatable bonds is 4. The van der Waals surface area contributed by atoms with Gasteiger partial charge in [-0.05, 0) is 5.56 Å². The lowest BCUT2D eigenvalue weighted by Gasteiger charge is -2.09. The lowest BCUT2D eigenvalue weighted by Crippen LogP contribution is -2.14. The van der Waals surface area contributed by atoms with Gasteiger partial charge >= 0.3 is 7.40 Å². The quantitative estimate of drug-likeness (QED) is 0.267. The third-order valence-electron chi connectivity index (χ3n) is 6.03. The first-order valence-electron chi connectivity index (χ1n) is 11.0. The highest BCUT2D eigenvalue weighted by Gasteiger charge is 2.30. The molecule has 4 aromatic carbocycles. The summed E-state index contributed by atoms with van der Waals surface area (Å²) in [4.78, 5) is 9.60. The minimum atomic E-state index is -2.77. The van der Waals surface area contributed by atoms with Crippen LogP contribution in [0.5, 0.6) is 0 Å². The topological polar surface area (TPSA) is 29.6 Å². The highest BCUT2D eigenvalue weighted by Crippen LogP contribution is 2.40. The van der Waals surface area contributed by atoms with E-state index in [4.69, 9.17) is 9.98 Å². The number of fused-ring (bicyclic) bond motifs is 2. The number of hydrogen-bond acceptors (Lipinski definition) is 1. The molecule has 0 saturated carbocycles. The van der Waals surface area contributed by atoms with Crippen LogP contribution in [0.25, 0.3) is 22.0 Å². The van der Waals surface area contributed by atoms with Crippen molar-refractivity contribution in [1.29, 1.82) is 0 Å². The molecule has 0 radical (unpaired) electrons. The predicted octanol–water partition coefficient (Wildman–Crippen LogP) is 7.01. The van der Waals surface area contributed by atoms with E-state index in [0.717, 1.165) is 32.3 Å². The zero-order chi connectivity index (χ0) is 23.1. The Bertz CT molecular complexity index is 1570. The fraction of sp³-hybridized carbons (Fsp3) is 0. The van der Waals surface area contributed by atoms with Crippen molar-refractivity contribution in [3.63, 3.8) is 0 Å². The predicted molar refractivity (Wildman–Crippen MR) is 135 cm³/mol. The summed E-state index contributed by atoms with van der Waals surface area (Å²) in [6.45, 7) is 0. The standard InChI is InChI=1S/C28H18BF2N3/c30-29(31)34-26(20-13-5-2-6-14-20)22-16-8-10-18-24(22)28(34)33-27-23-17-9-7-15-21(23)25(32-27)19-11-3-1-4-12-19/h1-18H/b33-27-. The molecule has 0 unspecified atom stereocenters. The van der Waals surface area contributed by atoms with Gasteiger partial charge in [0.25, 0.3) is 0 Å². The van der Waals surface area contributed by atoms with Crippen molar-refractivity contribution in [2.24, 2.45) is 9.98 Å². The highest BCUT2D eigenvalue weighted by atomic mass is 19.2. The Morgan fingerprint density at radius 3 is 1.85 bits per heavy atom. The SMILES string of the molecule is FB(F)n1c(/N=C2\N=C(c3ccccc3)c3ccccc32)c2ccccc2c1-c1ccccc1. The Morgan fingerprint density at radius 1 is 0.618 bits per heavy atom. The van der Waals surface area contributed by atoms with E-state index >= 15 is 0 Å². The molecule has 6 heteroatoms. The maximum absolute atomic E-state index is 14.6. The third-order valence-corrected chi connectivity index (χ3v) is 6.03. The Morgan fingerprint density at radius 2 is 1.18 bits per heavy atom. The first-order valence-corrected chi connectivity index (χ1v) is 11.0. The molecule has 0 bridgehead atoms. The smallest absolute Gasteiger partial charge is 0.309 e. The van der Waals surface area contributed by atoms with E-state index in [-0.39, 0.29) is 5.82 Å². The number of hydrogen-bond donors (Lipinski definition) is 0. The van der Waals surface area contributed by atoms with Crippen LogP contribution in [0.1, 0.15) is 16.7 Å². The maximum atomic E-state index is 14.6. The summed E-state index contributed by atoms with van der Waals surface area (Å²) in [5.74, 6) is 0.631. The second-order valence-corrected chi connectivity index (χ2v) is 8.04. The highest BCUT2D eigenvalue weighted by molar-refractivity contribution is 6.44. The zero-order valence-corrected chi connectivity index (χ0v) is 18.1. The Kier molecular flexibility index (Phi) is 4.91. The van der Waals surface area contributed by atoms with Crippen LogP contribution in [0, 0.1) is 0 Å². The largest absolute Gasteiger partial charge is 0.679 e. The molecule has 0 aliphatic carbocycles. The van der Waals surface area contributed by atoms with Gasteiger partial charge in [0, 0.05) is 27.5 Å². The van der Waals surface area contributed by atoms with Crippen molar-refractivity contribution in [2.75, 3.05) is 0 Å². The van der Waals surface area contributed by atoms with Crippen LogP contribution in [0.15, 0.2) is 119 Å². The summed E-state index contributed by atoms with van der Waals surface area (Å²) in [5, 5.41) is 1.39. The van der Waals surface area contributed by atoms with Gasteiger partial charge in [0.05, 0.1) is 11.4 Å². The van der Waals surface area contributed by atoms with Crippen LogP contribution < -0.4 is 0 Å². The van der Waals surface area contributed by atoms with Crippen LogP contribution in [0.2, 0.25) is 0 Å². The van der Waals surface area contributed by atoms with Gasteiger partial charge in [0.15, 0.2) is 5.84 Å². The van der Waals surface area contributed by atoms with Gasteiger partial charge in [-0.2, -0.15) is 0 Å². The number of benzene rings is 4. The van der Waals surface area contributed by atoms with Crippen molar-refractivity contribution >= 4 is 35.5 Å². The molecular weight excluding hydrogens is 427 g/mol. The van der Waals surface area contributed by atoms with E-state index in [1.807, 2.05) is 109 Å². The molecule has 162 valence electrons. The first-order chi connectivity index (χ1) is 16.7. The zero-order valence-electron chi connectivity index (χ0n) is 18.1. The Balaban J connectivity index is 1.63. The second kappa shape index (κ2) is 8.23. The van der Waals surface area contributed by atoms with Crippen LogP contribution in [-0.4, -0.2) is 23.4 Å². The van der Waals surface area contributed by atoms with Gasteiger partial charge in [-0.15, -0.1) is 0 Å². The summed E-state index contributed by atoms with van der Waals surface area (Å²) >= 11 is 0. The summed E-state index contributed by atoms with van der Waals surface area (Å²) < 4.78 is 30.2. The molecule has 0 spiro atoms. The van der Waals surface area contributed by atoms with Gasteiger partial charge in [0.1, 0.15) is 5.82 Å². The van der Waals surface area contributed by atoms with Crippen molar-refractivity contribution < 1.29 is 8.63 Å². The van der Waals surface area contributed by atoms with Crippen molar-refractivity contribution in [3.05, 3.63) is 126 Å². The molecule has 1 aliphatic heterocycles. The van der Waals surface area contributed by atoms with Gasteiger partial charge < -0.3 is 4.48 Å². The molecule has 34 heavy (non-hydrogen) atoms. The van der Waals surface area contributed by atoms with Crippen LogP contribution >= 0.6 is 0 Å². The number of aromatic nitrogens is 1. The van der Waals surface area contributed by atoms with Gasteiger partial charge in [0.2, 0.25) is 0 Å². The fourth-order valence-electron chi connectivity index (χ4n) is 4.56. The minimum Gasteiger partial charge on any atom is -0.309 e. The van der Waals surface area contributed by atoms with Crippen molar-refractivity contribution in [2.45, 2.75) is 0 Å². The van der Waals surface area contributed by atoms with Crippen LogP contribution in [0.3, 0.4) is 0 Å². The summed E-state index contributed by atoms with van der Waals surface area (Å²) in [6.07, 6.45) is 0. The molecule has 0 saturated heterocycles. The van der Waals surface area contributed by atoms with Crippen LogP contribution in [-0.2, 0) is 0 Å². The molecule has 0 atom stereocenters. The number of halogens is 2. The maximum Gasteiger partial charge on any atom is 0.679 e. The lowest BCUT2D eigenvalue weighted by molar-refractivity contribution is 0.633. The van der Waals surface area contributed by atoms with Crippen LogP contribution in [0.4, 0.5) is 14.4 Å². The second-order valence-electron chi connectivity index (χ2n) is 8.04. The average Bonchev–Trinajstić information content (AvgIpc) is 3.42. The van der Waals surface area contributed by atoms with E-state index in [9.17, 15) is 8.63 Å². The molecule has 1 aromatic heterocycles. The third kappa shape index (κ3) is 3.27. The van der Waals surface area contributed by atoms with Gasteiger partial charge in [-0.25, -0.2) is 9.98 Å². The molecule has 2 heterocycles. The number of aliphatic imine (C=N–C) groups is 2. The normalized spacial score (nSPS) is 13.8. The summed E-state index contributed by atoms with van der Waals surface area (Å²) in [6, 6.07) is 34.3. The van der Waals surface area contributed by atoms with Gasteiger partial charge in [-0.3, -0.25) is 8.63 Å². The fourth-order valence-corrected chi connectivity index (χ4v) is 4.56. The number of amidine groups is 1. The van der Waals surface area contributed by atoms with Crippen molar-refractivity contribution in [3.8, 4) is 11.3 Å². The van der Waals surface area contributed by atoms with Crippen molar-refractivity contribution in [1.82, 2.24) is 4.48 Å². The summed E-state index contributed by atoms with van der Waals surface area (Å²) in [7, 11) is -2.77. The number of nitrogens with zero attached hydrogens (tertiary/aromatic N) is 3. The Hall–Kier alpha value is -4.32. The van der Waals surface area contributed by atoms with E-state index < -0.39 is 7.40 Å². The van der Waals surface area contributed by atoms with E-state index in [1.165, 1.54) is 0 Å².